The zero-order chi connectivity index (χ0) is 16.1. The number of benzene rings is 1. The lowest BCUT2D eigenvalue weighted by molar-refractivity contribution is -0.111. The third-order valence-electron chi connectivity index (χ3n) is 3.46. The first-order valence-electron chi connectivity index (χ1n) is 7.51. The van der Waals surface area contributed by atoms with Crippen LogP contribution in [-0.4, -0.2) is 22.8 Å². The Bertz CT molecular complexity index is 720. The fourth-order valence-corrected chi connectivity index (χ4v) is 2.03. The Hall–Kier alpha value is -2.95. The summed E-state index contributed by atoms with van der Waals surface area (Å²) in [5.74, 6) is -0.259. The van der Waals surface area contributed by atoms with Crippen molar-refractivity contribution in [3.05, 3.63) is 66.0 Å². The summed E-state index contributed by atoms with van der Waals surface area (Å²) in [4.78, 5) is 27.6. The number of pyridine rings is 1. The van der Waals surface area contributed by atoms with E-state index in [1.165, 1.54) is 6.08 Å². The normalized spacial score (nSPS) is 13.7. The van der Waals surface area contributed by atoms with Crippen molar-refractivity contribution in [2.45, 2.75) is 18.9 Å². The maximum absolute atomic E-state index is 11.9. The van der Waals surface area contributed by atoms with E-state index in [9.17, 15) is 9.59 Å². The molecule has 1 aliphatic rings. The van der Waals surface area contributed by atoms with Crippen LogP contribution in [0.1, 0.15) is 28.8 Å². The Morgan fingerprint density at radius 3 is 2.39 bits per heavy atom. The Morgan fingerprint density at radius 2 is 1.74 bits per heavy atom. The van der Waals surface area contributed by atoms with Gasteiger partial charge in [0.15, 0.2) is 0 Å². The number of hydrogen-bond donors (Lipinski definition) is 2. The molecular formula is C18H17N3O2. The van der Waals surface area contributed by atoms with E-state index in [2.05, 4.69) is 15.6 Å². The highest BCUT2D eigenvalue weighted by atomic mass is 16.2. The molecule has 2 N–H and O–H groups in total. The van der Waals surface area contributed by atoms with Crippen LogP contribution in [0.5, 0.6) is 0 Å². The number of carbonyl (C=O) groups is 2. The lowest BCUT2D eigenvalue weighted by Crippen LogP contribution is -2.25. The number of hydrogen-bond acceptors (Lipinski definition) is 3. The van der Waals surface area contributed by atoms with Crippen LogP contribution in [0.3, 0.4) is 0 Å². The van der Waals surface area contributed by atoms with Gasteiger partial charge in [0.1, 0.15) is 0 Å². The summed E-state index contributed by atoms with van der Waals surface area (Å²) in [6, 6.07) is 10.9. The van der Waals surface area contributed by atoms with Crippen molar-refractivity contribution in [1.29, 1.82) is 0 Å². The zero-order valence-corrected chi connectivity index (χ0v) is 12.5. The summed E-state index contributed by atoms with van der Waals surface area (Å²) in [6.07, 6.45) is 8.53. The molecule has 1 aromatic carbocycles. The molecule has 23 heavy (non-hydrogen) atoms. The summed E-state index contributed by atoms with van der Waals surface area (Å²) in [7, 11) is 0. The molecule has 0 atom stereocenters. The van der Waals surface area contributed by atoms with Crippen LogP contribution in [-0.2, 0) is 4.79 Å². The Kier molecular flexibility index (Phi) is 4.47. The molecule has 2 aromatic rings. The minimum absolute atomic E-state index is 0.0431. The van der Waals surface area contributed by atoms with Crippen LogP contribution < -0.4 is 10.6 Å². The van der Waals surface area contributed by atoms with Gasteiger partial charge in [-0.25, -0.2) is 0 Å². The van der Waals surface area contributed by atoms with Crippen molar-refractivity contribution in [2.24, 2.45) is 0 Å². The zero-order valence-electron chi connectivity index (χ0n) is 12.5. The van der Waals surface area contributed by atoms with E-state index >= 15 is 0 Å². The molecule has 0 spiro atoms. The summed E-state index contributed by atoms with van der Waals surface area (Å²) < 4.78 is 0. The molecule has 0 bridgehead atoms. The second-order valence-corrected chi connectivity index (χ2v) is 5.43. The molecule has 0 unspecified atom stereocenters. The van der Waals surface area contributed by atoms with Crippen molar-refractivity contribution < 1.29 is 9.59 Å². The molecule has 1 heterocycles. The largest absolute Gasteiger partial charge is 0.349 e. The maximum atomic E-state index is 11.9. The second-order valence-electron chi connectivity index (χ2n) is 5.43. The average Bonchev–Trinajstić information content (AvgIpc) is 3.38. The van der Waals surface area contributed by atoms with Crippen LogP contribution in [0.25, 0.3) is 6.08 Å². The standard InChI is InChI=1S/C18H17N3O2/c22-17(20-16-9-11-19-12-10-16)8-3-13-1-4-14(5-2-13)18(23)21-15-6-7-15/h1-5,8-12,15H,6-7H2,(H,21,23)(H,19,20,22)/b8-3+. The number of amides is 2. The predicted octanol–water partition coefficient (Wildman–Crippen LogP) is 2.63. The van der Waals surface area contributed by atoms with Crippen LogP contribution >= 0.6 is 0 Å². The quantitative estimate of drug-likeness (QED) is 0.834. The summed E-state index contributed by atoms with van der Waals surface area (Å²) in [5.41, 5.74) is 2.19. The number of anilines is 1. The fourth-order valence-electron chi connectivity index (χ4n) is 2.03. The molecule has 2 amide bonds. The predicted molar refractivity (Wildman–Crippen MR) is 88.8 cm³/mol. The monoisotopic (exact) mass is 307 g/mol. The van der Waals surface area contributed by atoms with E-state index in [0.717, 1.165) is 18.4 Å². The van der Waals surface area contributed by atoms with Gasteiger partial charge in [-0.3, -0.25) is 14.6 Å². The van der Waals surface area contributed by atoms with Crippen LogP contribution in [0, 0.1) is 0 Å². The molecule has 1 fully saturated rings. The highest BCUT2D eigenvalue weighted by molar-refractivity contribution is 6.02. The highest BCUT2D eigenvalue weighted by Crippen LogP contribution is 2.19. The van der Waals surface area contributed by atoms with E-state index in [-0.39, 0.29) is 11.8 Å². The molecule has 0 saturated heterocycles. The smallest absolute Gasteiger partial charge is 0.251 e. The van der Waals surface area contributed by atoms with Gasteiger partial charge in [-0.15, -0.1) is 0 Å². The fraction of sp³-hybridized carbons (Fsp3) is 0.167. The van der Waals surface area contributed by atoms with E-state index in [0.29, 0.717) is 17.3 Å². The van der Waals surface area contributed by atoms with E-state index in [1.807, 2.05) is 12.1 Å². The number of nitrogens with zero attached hydrogens (tertiary/aromatic N) is 1. The third-order valence-corrected chi connectivity index (χ3v) is 3.46. The van der Waals surface area contributed by atoms with Gasteiger partial charge in [-0.1, -0.05) is 12.1 Å². The number of rotatable bonds is 5. The van der Waals surface area contributed by atoms with E-state index in [4.69, 9.17) is 0 Å². The SMILES string of the molecule is O=C(/C=C/c1ccc(C(=O)NC2CC2)cc1)Nc1ccncc1. The first kappa shape index (κ1) is 15.0. The third kappa shape index (κ3) is 4.51. The van der Waals surface area contributed by atoms with Gasteiger partial charge in [-0.2, -0.15) is 0 Å². The molecule has 5 nitrogen and oxygen atoms in total. The van der Waals surface area contributed by atoms with Crippen molar-refractivity contribution in [3.8, 4) is 0 Å². The van der Waals surface area contributed by atoms with Gasteiger partial charge < -0.3 is 10.6 Å². The van der Waals surface area contributed by atoms with Crippen LogP contribution in [0.4, 0.5) is 5.69 Å². The summed E-state index contributed by atoms with van der Waals surface area (Å²) in [6.45, 7) is 0. The van der Waals surface area contributed by atoms with Crippen molar-refractivity contribution in [3.63, 3.8) is 0 Å². The lowest BCUT2D eigenvalue weighted by atomic mass is 10.1. The highest BCUT2D eigenvalue weighted by Gasteiger charge is 2.23. The van der Waals surface area contributed by atoms with Gasteiger partial charge in [0, 0.05) is 35.8 Å². The molecule has 0 aliphatic heterocycles. The Labute approximate surface area is 134 Å². The molecule has 1 aliphatic carbocycles. The first-order valence-corrected chi connectivity index (χ1v) is 7.51. The van der Waals surface area contributed by atoms with Crippen LogP contribution in [0.2, 0.25) is 0 Å². The molecule has 1 aromatic heterocycles. The van der Waals surface area contributed by atoms with Gasteiger partial charge in [0.2, 0.25) is 5.91 Å². The number of aromatic nitrogens is 1. The topological polar surface area (TPSA) is 71.1 Å². The molecule has 1 saturated carbocycles. The number of nitrogens with one attached hydrogen (secondary N) is 2. The molecule has 5 heteroatoms. The Balaban J connectivity index is 1.56. The number of carbonyl (C=O) groups excluding carboxylic acids is 2. The van der Waals surface area contributed by atoms with Gasteiger partial charge in [0.25, 0.3) is 5.91 Å². The van der Waals surface area contributed by atoms with Crippen molar-refractivity contribution >= 4 is 23.6 Å². The van der Waals surface area contributed by atoms with Crippen LogP contribution in [0.15, 0.2) is 54.9 Å². The van der Waals surface area contributed by atoms with Crippen molar-refractivity contribution in [1.82, 2.24) is 10.3 Å². The second kappa shape index (κ2) is 6.87. The van der Waals surface area contributed by atoms with Gasteiger partial charge >= 0.3 is 0 Å². The Morgan fingerprint density at radius 1 is 1.04 bits per heavy atom. The summed E-state index contributed by atoms with van der Waals surface area (Å²) >= 11 is 0. The maximum Gasteiger partial charge on any atom is 0.251 e. The minimum atomic E-state index is -0.216. The van der Waals surface area contributed by atoms with E-state index in [1.54, 1.807) is 42.7 Å². The van der Waals surface area contributed by atoms with Crippen molar-refractivity contribution in [2.75, 3.05) is 5.32 Å². The first-order chi connectivity index (χ1) is 11.2. The molecule has 0 radical (unpaired) electrons. The summed E-state index contributed by atoms with van der Waals surface area (Å²) in [5, 5.41) is 5.68. The van der Waals surface area contributed by atoms with Gasteiger partial charge in [-0.05, 0) is 48.7 Å². The average molecular weight is 307 g/mol. The van der Waals surface area contributed by atoms with Gasteiger partial charge in [0.05, 0.1) is 0 Å². The molecule has 116 valence electrons. The van der Waals surface area contributed by atoms with E-state index < -0.39 is 0 Å². The molecular weight excluding hydrogens is 290 g/mol. The lowest BCUT2D eigenvalue weighted by Gasteiger charge is -2.03. The minimum Gasteiger partial charge on any atom is -0.349 e. The molecule has 3 rings (SSSR count).